The summed E-state index contributed by atoms with van der Waals surface area (Å²) in [6.07, 6.45) is -0.889. The third-order valence-corrected chi connectivity index (χ3v) is 2.39. The molecule has 0 aromatic carbocycles. The van der Waals surface area contributed by atoms with Crippen molar-refractivity contribution in [2.24, 2.45) is 4.99 Å². The van der Waals surface area contributed by atoms with Crippen LogP contribution in [0.3, 0.4) is 0 Å². The second-order valence-electron chi connectivity index (χ2n) is 3.18. The van der Waals surface area contributed by atoms with Crippen LogP contribution in [0, 0.1) is 0 Å². The van der Waals surface area contributed by atoms with Crippen molar-refractivity contribution < 1.29 is 19.3 Å². The molecular weight excluding hydrogens is 217 g/mol. The van der Waals surface area contributed by atoms with Gasteiger partial charge in [-0.1, -0.05) is 0 Å². The third-order valence-electron chi connectivity index (χ3n) is 2.15. The minimum Gasteiger partial charge on any atom is -0.392 e. The number of nitrogens with zero attached hydrogens (tertiary/aromatic N) is 1. The molecule has 5 nitrogen and oxygen atoms in total. The molecule has 2 atom stereocenters. The van der Waals surface area contributed by atoms with E-state index in [9.17, 15) is 9.67 Å². The van der Waals surface area contributed by atoms with E-state index in [0.717, 1.165) is 0 Å². The summed E-state index contributed by atoms with van der Waals surface area (Å²) < 4.78 is 14.7. The Labute approximate surface area is 90.8 Å². The summed E-state index contributed by atoms with van der Waals surface area (Å²) >= 11 is 0. The molecule has 0 rings (SSSR count). The highest BCUT2D eigenvalue weighted by Gasteiger charge is 2.18. The number of aliphatic hydroxyl groups excluding tert-OH is 2. The standard InChI is InChI=1S/C9H16NO4P/c1-6(5-14-15-13)8(4-11)9(12)7(2)10-3/h7,9,11-12H,3-5H2,1-2H3/b8-6+. The molecule has 6 heteroatoms. The molecule has 0 saturated carbocycles. The van der Waals surface area contributed by atoms with Crippen LogP contribution < -0.4 is 0 Å². The third kappa shape index (κ3) is 4.62. The van der Waals surface area contributed by atoms with Crippen LogP contribution >= 0.6 is 8.69 Å². The Morgan fingerprint density at radius 1 is 1.67 bits per heavy atom. The molecule has 2 N–H and O–H groups in total. The van der Waals surface area contributed by atoms with Gasteiger partial charge in [0.05, 0.1) is 25.4 Å². The minimum atomic E-state index is -0.889. The Morgan fingerprint density at radius 3 is 2.67 bits per heavy atom. The van der Waals surface area contributed by atoms with Gasteiger partial charge in [-0.3, -0.25) is 9.52 Å². The van der Waals surface area contributed by atoms with Crippen LogP contribution in [0.4, 0.5) is 0 Å². The van der Waals surface area contributed by atoms with Crippen molar-refractivity contribution in [1.29, 1.82) is 0 Å². The Bertz CT molecular complexity index is 254. The van der Waals surface area contributed by atoms with Crippen molar-refractivity contribution in [3.05, 3.63) is 11.1 Å². The monoisotopic (exact) mass is 233 g/mol. The number of aliphatic hydroxyl groups is 2. The predicted molar refractivity (Wildman–Crippen MR) is 58.4 cm³/mol. The molecule has 0 aliphatic heterocycles. The average molecular weight is 233 g/mol. The first-order valence-electron chi connectivity index (χ1n) is 4.46. The molecule has 0 aliphatic carbocycles. The SMILES string of the molecule is C=NC(C)C(O)/C(CO)=C(\C)COP=O. The fraction of sp³-hybridized carbons (Fsp3) is 0.667. The first kappa shape index (κ1) is 14.4. The Balaban J connectivity index is 4.69. The molecule has 2 unspecified atom stereocenters. The lowest BCUT2D eigenvalue weighted by Gasteiger charge is -2.19. The first-order chi connectivity index (χ1) is 7.08. The highest BCUT2D eigenvalue weighted by Crippen LogP contribution is 2.15. The fourth-order valence-electron chi connectivity index (χ4n) is 1.09. The van der Waals surface area contributed by atoms with Crippen LogP contribution in [-0.4, -0.2) is 42.3 Å². The van der Waals surface area contributed by atoms with E-state index in [0.29, 0.717) is 11.1 Å². The number of rotatable bonds is 7. The summed E-state index contributed by atoms with van der Waals surface area (Å²) in [5.74, 6) is 0. The topological polar surface area (TPSA) is 79.1 Å². The van der Waals surface area contributed by atoms with Crippen LogP contribution in [0.5, 0.6) is 0 Å². The minimum absolute atomic E-state index is 0.0991. The molecule has 0 amide bonds. The van der Waals surface area contributed by atoms with E-state index in [-0.39, 0.29) is 13.2 Å². The van der Waals surface area contributed by atoms with Crippen LogP contribution in [0.25, 0.3) is 0 Å². The Morgan fingerprint density at radius 2 is 2.27 bits per heavy atom. The lowest BCUT2D eigenvalue weighted by atomic mass is 10.00. The smallest absolute Gasteiger partial charge is 0.327 e. The van der Waals surface area contributed by atoms with Crippen LogP contribution in [-0.2, 0) is 9.09 Å². The molecule has 0 heterocycles. The molecule has 0 bridgehead atoms. The van der Waals surface area contributed by atoms with Crippen molar-refractivity contribution >= 4 is 15.4 Å². The van der Waals surface area contributed by atoms with E-state index in [1.807, 2.05) is 0 Å². The molecule has 0 aromatic heterocycles. The normalized spacial score (nSPS) is 17.1. The average Bonchev–Trinajstić information content (AvgIpc) is 2.25. The van der Waals surface area contributed by atoms with Gasteiger partial charge in [0.1, 0.15) is 0 Å². The zero-order valence-electron chi connectivity index (χ0n) is 8.88. The summed E-state index contributed by atoms with van der Waals surface area (Å²) in [5.41, 5.74) is 1.07. The highest BCUT2D eigenvalue weighted by molar-refractivity contribution is 7.17. The maximum Gasteiger partial charge on any atom is 0.327 e. The maximum atomic E-state index is 10.1. The fourth-order valence-corrected chi connectivity index (χ4v) is 1.33. The van der Waals surface area contributed by atoms with Gasteiger partial charge >= 0.3 is 8.69 Å². The van der Waals surface area contributed by atoms with Gasteiger partial charge in [0.2, 0.25) is 0 Å². The molecule has 0 spiro atoms. The van der Waals surface area contributed by atoms with E-state index >= 15 is 0 Å². The van der Waals surface area contributed by atoms with Crippen molar-refractivity contribution in [3.63, 3.8) is 0 Å². The zero-order valence-corrected chi connectivity index (χ0v) is 9.78. The summed E-state index contributed by atoms with van der Waals surface area (Å²) in [5, 5.41) is 18.9. The second-order valence-corrected chi connectivity index (χ2v) is 3.59. The van der Waals surface area contributed by atoms with E-state index in [1.54, 1.807) is 13.8 Å². The second kappa shape index (κ2) is 7.65. The van der Waals surface area contributed by atoms with Crippen molar-refractivity contribution in [2.45, 2.75) is 26.0 Å². The summed E-state index contributed by atoms with van der Waals surface area (Å²) in [6, 6.07) is -0.396. The predicted octanol–water partition coefficient (Wildman–Crippen LogP) is 0.968. The molecule has 0 radical (unpaired) electrons. The summed E-state index contributed by atoms with van der Waals surface area (Å²) in [4.78, 5) is 3.67. The number of hydrogen-bond donors (Lipinski definition) is 2. The number of hydrogen-bond acceptors (Lipinski definition) is 5. The molecule has 0 fully saturated rings. The molecular formula is C9H16NO4P. The van der Waals surface area contributed by atoms with Crippen molar-refractivity contribution in [1.82, 2.24) is 0 Å². The number of aliphatic imine (C=N–C) groups is 1. The van der Waals surface area contributed by atoms with E-state index in [2.05, 4.69) is 16.2 Å². The largest absolute Gasteiger partial charge is 0.392 e. The summed E-state index contributed by atoms with van der Waals surface area (Å²) in [7, 11) is -0.425. The van der Waals surface area contributed by atoms with Crippen LogP contribution in [0.15, 0.2) is 16.1 Å². The molecule has 15 heavy (non-hydrogen) atoms. The first-order valence-corrected chi connectivity index (χ1v) is 5.19. The van der Waals surface area contributed by atoms with Crippen molar-refractivity contribution in [2.75, 3.05) is 13.2 Å². The lowest BCUT2D eigenvalue weighted by Crippen LogP contribution is -2.26. The van der Waals surface area contributed by atoms with Gasteiger partial charge in [0, 0.05) is 0 Å². The van der Waals surface area contributed by atoms with E-state index in [1.165, 1.54) is 0 Å². The van der Waals surface area contributed by atoms with Crippen molar-refractivity contribution in [3.8, 4) is 0 Å². The highest BCUT2D eigenvalue weighted by atomic mass is 31.1. The van der Waals surface area contributed by atoms with Crippen LogP contribution in [0.2, 0.25) is 0 Å². The molecule has 0 aromatic rings. The van der Waals surface area contributed by atoms with Gasteiger partial charge in [-0.15, -0.1) is 0 Å². The van der Waals surface area contributed by atoms with Gasteiger partial charge in [-0.25, -0.2) is 4.57 Å². The summed E-state index contributed by atoms with van der Waals surface area (Å²) in [6.45, 7) is 6.51. The van der Waals surface area contributed by atoms with E-state index in [4.69, 9.17) is 5.11 Å². The van der Waals surface area contributed by atoms with Gasteiger partial charge in [-0.2, -0.15) is 0 Å². The zero-order chi connectivity index (χ0) is 11.8. The van der Waals surface area contributed by atoms with Gasteiger partial charge in [0.25, 0.3) is 0 Å². The molecule has 86 valence electrons. The van der Waals surface area contributed by atoms with E-state index < -0.39 is 20.8 Å². The molecule has 0 aliphatic rings. The van der Waals surface area contributed by atoms with Gasteiger partial charge in [0.15, 0.2) is 0 Å². The van der Waals surface area contributed by atoms with Crippen LogP contribution in [0.1, 0.15) is 13.8 Å². The Hall–Kier alpha value is -0.610. The lowest BCUT2D eigenvalue weighted by molar-refractivity contribution is 0.164. The molecule has 0 saturated heterocycles. The van der Waals surface area contributed by atoms with Gasteiger partial charge < -0.3 is 10.2 Å². The Kier molecular flexibility index (Phi) is 7.34. The quantitative estimate of drug-likeness (QED) is 0.390. The maximum absolute atomic E-state index is 10.1. The van der Waals surface area contributed by atoms with Gasteiger partial charge in [-0.05, 0) is 31.7 Å².